The molecule has 2 aliphatic rings. The monoisotopic (exact) mass is 590 g/mol. The minimum absolute atomic E-state index is 0.165. The molecule has 43 heavy (non-hydrogen) atoms. The lowest BCUT2D eigenvalue weighted by Gasteiger charge is -2.40. The van der Waals surface area contributed by atoms with E-state index in [-0.39, 0.29) is 37.7 Å². The zero-order chi connectivity index (χ0) is 30.8. The molecule has 230 valence electrons. The van der Waals surface area contributed by atoms with Crippen molar-refractivity contribution in [3.63, 3.8) is 0 Å². The third-order valence-electron chi connectivity index (χ3n) is 8.34. The SMILES string of the molecule is CC[C@]1(C)NC(=O)[C@H](CCCCOC(=O)c2ccccc2)NC(=O)[C@H]2CCCCN2C(=O)[C@H](Cc2ccccc2)NC1=O. The lowest BCUT2D eigenvalue weighted by molar-refractivity contribution is -0.147. The van der Waals surface area contributed by atoms with E-state index in [2.05, 4.69) is 16.0 Å². The molecule has 0 aliphatic carbocycles. The van der Waals surface area contributed by atoms with Crippen molar-refractivity contribution >= 4 is 29.6 Å². The van der Waals surface area contributed by atoms with Crippen molar-refractivity contribution in [2.75, 3.05) is 13.2 Å². The Labute approximate surface area is 252 Å². The number of carbonyl (C=O) groups excluding carboxylic acids is 5. The van der Waals surface area contributed by atoms with Crippen LogP contribution in [0.1, 0.15) is 74.7 Å². The van der Waals surface area contributed by atoms with Gasteiger partial charge in [0.1, 0.15) is 23.7 Å². The number of hydrogen-bond acceptors (Lipinski definition) is 6. The predicted molar refractivity (Wildman–Crippen MR) is 161 cm³/mol. The molecule has 10 heteroatoms. The predicted octanol–water partition coefficient (Wildman–Crippen LogP) is 2.91. The van der Waals surface area contributed by atoms with E-state index in [9.17, 15) is 24.0 Å². The normalized spacial score (nSPS) is 24.9. The standard InChI is InChI=1S/C33H42N4O6/c1-3-33(2)32(42)35-26(22-23-14-6-4-7-15-23)30(40)37-20-12-10-19-27(37)29(39)34-25(28(38)36-33)18-11-13-21-43-31(41)24-16-8-5-9-17-24/h4-9,14-17,25-27H,3,10-13,18-22H2,1-2H3,(H,34,39)(H,35,42)(H,36,38)/t25-,26-,27+,33-/m0/s1. The summed E-state index contributed by atoms with van der Waals surface area (Å²) in [6.07, 6.45) is 3.79. The average Bonchev–Trinajstić information content (AvgIpc) is 3.03. The first-order valence-electron chi connectivity index (χ1n) is 15.2. The van der Waals surface area contributed by atoms with Crippen LogP contribution in [-0.4, -0.2) is 71.3 Å². The van der Waals surface area contributed by atoms with Gasteiger partial charge in [-0.1, -0.05) is 55.5 Å². The molecule has 3 N–H and O–H groups in total. The van der Waals surface area contributed by atoms with Gasteiger partial charge in [-0.25, -0.2) is 4.79 Å². The van der Waals surface area contributed by atoms with Gasteiger partial charge >= 0.3 is 5.97 Å². The molecule has 0 bridgehead atoms. The average molecular weight is 591 g/mol. The molecule has 4 rings (SSSR count). The minimum atomic E-state index is -1.30. The zero-order valence-electron chi connectivity index (χ0n) is 25.0. The van der Waals surface area contributed by atoms with Gasteiger partial charge in [-0.15, -0.1) is 0 Å². The van der Waals surface area contributed by atoms with E-state index in [1.54, 1.807) is 43.0 Å². The highest BCUT2D eigenvalue weighted by Gasteiger charge is 2.42. The smallest absolute Gasteiger partial charge is 0.338 e. The van der Waals surface area contributed by atoms with Crippen LogP contribution < -0.4 is 16.0 Å². The van der Waals surface area contributed by atoms with Crippen LogP contribution in [0.25, 0.3) is 0 Å². The molecule has 2 fully saturated rings. The van der Waals surface area contributed by atoms with Crippen LogP contribution in [-0.2, 0) is 30.3 Å². The summed E-state index contributed by atoms with van der Waals surface area (Å²) in [4.78, 5) is 68.6. The highest BCUT2D eigenvalue weighted by atomic mass is 16.5. The van der Waals surface area contributed by atoms with Crippen LogP contribution in [0.3, 0.4) is 0 Å². The maximum atomic E-state index is 13.9. The Morgan fingerprint density at radius 2 is 1.60 bits per heavy atom. The van der Waals surface area contributed by atoms with Crippen molar-refractivity contribution in [2.24, 2.45) is 0 Å². The highest BCUT2D eigenvalue weighted by molar-refractivity contribution is 5.99. The fraction of sp³-hybridized carbons (Fsp3) is 0.485. The second-order valence-corrected chi connectivity index (χ2v) is 11.5. The van der Waals surface area contributed by atoms with Crippen LogP contribution in [0, 0.1) is 0 Å². The van der Waals surface area contributed by atoms with Gasteiger partial charge in [0.25, 0.3) is 0 Å². The summed E-state index contributed by atoms with van der Waals surface area (Å²) in [5, 5.41) is 8.66. The first-order valence-corrected chi connectivity index (χ1v) is 15.2. The van der Waals surface area contributed by atoms with Crippen LogP contribution in [0.5, 0.6) is 0 Å². The molecule has 0 saturated carbocycles. The highest BCUT2D eigenvalue weighted by Crippen LogP contribution is 2.22. The number of esters is 1. The van der Waals surface area contributed by atoms with E-state index in [0.717, 1.165) is 18.4 Å². The van der Waals surface area contributed by atoms with Crippen molar-refractivity contribution in [1.29, 1.82) is 0 Å². The number of nitrogens with one attached hydrogen (secondary N) is 3. The molecule has 2 aliphatic heterocycles. The van der Waals surface area contributed by atoms with E-state index in [1.807, 2.05) is 36.4 Å². The lowest BCUT2D eigenvalue weighted by Crippen LogP contribution is -2.66. The third kappa shape index (κ3) is 8.21. The first-order chi connectivity index (χ1) is 20.7. The molecular formula is C33H42N4O6. The third-order valence-corrected chi connectivity index (χ3v) is 8.34. The van der Waals surface area contributed by atoms with Crippen LogP contribution in [0.2, 0.25) is 0 Å². The van der Waals surface area contributed by atoms with Crippen LogP contribution in [0.4, 0.5) is 0 Å². The Kier molecular flexibility index (Phi) is 10.9. The van der Waals surface area contributed by atoms with E-state index in [4.69, 9.17) is 4.74 Å². The largest absolute Gasteiger partial charge is 0.462 e. The number of amides is 4. The topological polar surface area (TPSA) is 134 Å². The summed E-state index contributed by atoms with van der Waals surface area (Å²) >= 11 is 0. The van der Waals surface area contributed by atoms with Gasteiger partial charge in [0, 0.05) is 13.0 Å². The van der Waals surface area contributed by atoms with E-state index in [0.29, 0.717) is 31.4 Å². The number of nitrogens with zero attached hydrogens (tertiary/aromatic N) is 1. The molecule has 2 aromatic rings. The minimum Gasteiger partial charge on any atom is -0.462 e. The van der Waals surface area contributed by atoms with Crippen molar-refractivity contribution in [3.05, 3.63) is 71.8 Å². The summed E-state index contributed by atoms with van der Waals surface area (Å²) in [7, 11) is 0. The maximum Gasteiger partial charge on any atom is 0.338 e. The fourth-order valence-corrected chi connectivity index (χ4v) is 5.51. The second-order valence-electron chi connectivity index (χ2n) is 11.5. The molecule has 4 amide bonds. The number of carbonyl (C=O) groups is 5. The molecule has 2 aromatic carbocycles. The van der Waals surface area contributed by atoms with Gasteiger partial charge in [0.2, 0.25) is 23.6 Å². The molecule has 0 spiro atoms. The van der Waals surface area contributed by atoms with Crippen molar-refractivity contribution in [1.82, 2.24) is 20.9 Å². The summed E-state index contributed by atoms with van der Waals surface area (Å²) in [6, 6.07) is 15.6. The summed E-state index contributed by atoms with van der Waals surface area (Å²) in [5.41, 5.74) is 0.0345. The van der Waals surface area contributed by atoms with Gasteiger partial charge in [0.15, 0.2) is 0 Å². The van der Waals surface area contributed by atoms with Gasteiger partial charge in [-0.05, 0) is 69.6 Å². The van der Waals surface area contributed by atoms with Crippen LogP contribution >= 0.6 is 0 Å². The number of unbranched alkanes of at least 4 members (excludes halogenated alkanes) is 1. The Morgan fingerprint density at radius 3 is 2.30 bits per heavy atom. The van der Waals surface area contributed by atoms with Crippen molar-refractivity contribution in [3.8, 4) is 0 Å². The number of fused-ring (bicyclic) bond motifs is 1. The van der Waals surface area contributed by atoms with Gasteiger partial charge in [-0.3, -0.25) is 19.2 Å². The van der Waals surface area contributed by atoms with E-state index >= 15 is 0 Å². The fourth-order valence-electron chi connectivity index (χ4n) is 5.51. The van der Waals surface area contributed by atoms with Crippen LogP contribution in [0.15, 0.2) is 60.7 Å². The zero-order valence-corrected chi connectivity index (χ0v) is 25.0. The number of piperidine rings is 1. The molecular weight excluding hydrogens is 548 g/mol. The molecule has 0 unspecified atom stereocenters. The number of ether oxygens (including phenoxy) is 1. The van der Waals surface area contributed by atoms with Gasteiger partial charge < -0.3 is 25.6 Å². The molecule has 0 radical (unpaired) electrons. The summed E-state index contributed by atoms with van der Waals surface area (Å²) in [5.74, 6) is -2.03. The molecule has 2 saturated heterocycles. The number of benzene rings is 2. The van der Waals surface area contributed by atoms with E-state index in [1.165, 1.54) is 0 Å². The molecule has 10 nitrogen and oxygen atoms in total. The number of hydrogen-bond donors (Lipinski definition) is 3. The van der Waals surface area contributed by atoms with Gasteiger partial charge in [0.05, 0.1) is 12.2 Å². The van der Waals surface area contributed by atoms with Gasteiger partial charge in [-0.2, -0.15) is 0 Å². The van der Waals surface area contributed by atoms with E-state index < -0.39 is 41.4 Å². The van der Waals surface area contributed by atoms with Crippen molar-refractivity contribution < 1.29 is 28.7 Å². The molecule has 0 aromatic heterocycles. The molecule has 2 heterocycles. The first kappa shape index (κ1) is 31.7. The molecule has 4 atom stereocenters. The summed E-state index contributed by atoms with van der Waals surface area (Å²) < 4.78 is 5.35. The Balaban J connectivity index is 1.50. The Hall–Kier alpha value is -4.21. The second kappa shape index (κ2) is 14.8. The maximum absolute atomic E-state index is 13.9. The lowest BCUT2D eigenvalue weighted by atomic mass is 9.93. The quantitative estimate of drug-likeness (QED) is 0.304. The Bertz CT molecular complexity index is 1290. The Morgan fingerprint density at radius 1 is 0.907 bits per heavy atom. The van der Waals surface area contributed by atoms with Crippen molar-refractivity contribution in [2.45, 2.75) is 88.9 Å². The number of rotatable bonds is 9. The summed E-state index contributed by atoms with van der Waals surface area (Å²) in [6.45, 7) is 3.97.